The van der Waals surface area contributed by atoms with Gasteiger partial charge in [-0.15, -0.1) is 0 Å². The lowest BCUT2D eigenvalue weighted by molar-refractivity contribution is -0.129. The fraction of sp³-hybridized carbons (Fsp3) is 0.103. The highest BCUT2D eigenvalue weighted by atomic mass is 127. The standard InChI is InChI=1S/C29H21ClINO4/c1-2-34-26-15-19(13-24(30)27(26)35-17-18-6-5-9-23(31)12-18)14-25-29(33)36-28(32-25)22-11-10-20-7-3-4-8-21(20)16-22/h3-16H,2,17H2,1H3/b25-14-. The molecule has 0 saturated carbocycles. The zero-order valence-corrected chi connectivity index (χ0v) is 22.2. The number of benzene rings is 4. The summed E-state index contributed by atoms with van der Waals surface area (Å²) >= 11 is 8.85. The highest BCUT2D eigenvalue weighted by Crippen LogP contribution is 2.38. The van der Waals surface area contributed by atoms with E-state index >= 15 is 0 Å². The summed E-state index contributed by atoms with van der Waals surface area (Å²) in [5.41, 5.74) is 2.60. The van der Waals surface area contributed by atoms with Crippen LogP contribution in [-0.4, -0.2) is 18.5 Å². The van der Waals surface area contributed by atoms with E-state index in [-0.39, 0.29) is 11.6 Å². The van der Waals surface area contributed by atoms with Crippen LogP contribution in [0.1, 0.15) is 23.6 Å². The quantitative estimate of drug-likeness (QED) is 0.124. The zero-order valence-electron chi connectivity index (χ0n) is 19.3. The predicted molar refractivity (Wildman–Crippen MR) is 151 cm³/mol. The maximum Gasteiger partial charge on any atom is 0.363 e. The number of halogens is 2. The van der Waals surface area contributed by atoms with Crippen LogP contribution in [0.4, 0.5) is 0 Å². The first-order valence-electron chi connectivity index (χ1n) is 11.4. The van der Waals surface area contributed by atoms with Crippen molar-refractivity contribution in [3.8, 4) is 11.5 Å². The fourth-order valence-corrected chi connectivity index (χ4v) is 4.75. The number of fused-ring (bicyclic) bond motifs is 1. The number of hydrogen-bond acceptors (Lipinski definition) is 5. The van der Waals surface area contributed by atoms with Gasteiger partial charge in [-0.05, 0) is 93.9 Å². The highest BCUT2D eigenvalue weighted by molar-refractivity contribution is 14.1. The lowest BCUT2D eigenvalue weighted by Crippen LogP contribution is -2.05. The zero-order chi connectivity index (χ0) is 25.1. The average molecular weight is 610 g/mol. The third-order valence-electron chi connectivity index (χ3n) is 5.52. The highest BCUT2D eigenvalue weighted by Gasteiger charge is 2.25. The third kappa shape index (κ3) is 5.39. The molecule has 36 heavy (non-hydrogen) atoms. The molecule has 1 heterocycles. The monoisotopic (exact) mass is 609 g/mol. The van der Waals surface area contributed by atoms with Gasteiger partial charge < -0.3 is 14.2 Å². The minimum absolute atomic E-state index is 0.184. The van der Waals surface area contributed by atoms with E-state index in [0.717, 1.165) is 25.5 Å². The van der Waals surface area contributed by atoms with Crippen molar-refractivity contribution in [1.29, 1.82) is 0 Å². The molecule has 0 N–H and O–H groups in total. The van der Waals surface area contributed by atoms with Crippen LogP contribution in [0.5, 0.6) is 11.5 Å². The first-order valence-corrected chi connectivity index (χ1v) is 12.8. The molecule has 5 nitrogen and oxygen atoms in total. The lowest BCUT2D eigenvalue weighted by atomic mass is 10.1. The second-order valence-corrected chi connectivity index (χ2v) is 9.73. The molecule has 0 aromatic heterocycles. The molecule has 7 heteroatoms. The number of ether oxygens (including phenoxy) is 3. The first kappa shape index (κ1) is 24.3. The van der Waals surface area contributed by atoms with Gasteiger partial charge in [-0.3, -0.25) is 0 Å². The molecule has 0 radical (unpaired) electrons. The summed E-state index contributed by atoms with van der Waals surface area (Å²) in [6, 6.07) is 25.3. The smallest absolute Gasteiger partial charge is 0.363 e. The van der Waals surface area contributed by atoms with Gasteiger partial charge in [0.2, 0.25) is 5.90 Å². The van der Waals surface area contributed by atoms with E-state index < -0.39 is 5.97 Å². The van der Waals surface area contributed by atoms with Crippen molar-refractivity contribution >= 4 is 62.9 Å². The van der Waals surface area contributed by atoms with Crippen molar-refractivity contribution in [3.05, 3.63) is 110 Å². The van der Waals surface area contributed by atoms with E-state index in [2.05, 4.69) is 27.6 Å². The Morgan fingerprint density at radius 3 is 2.61 bits per heavy atom. The summed E-state index contributed by atoms with van der Waals surface area (Å²) in [4.78, 5) is 17.0. The summed E-state index contributed by atoms with van der Waals surface area (Å²) in [5.74, 6) is 0.693. The van der Waals surface area contributed by atoms with Gasteiger partial charge in [-0.1, -0.05) is 54.1 Å². The minimum Gasteiger partial charge on any atom is -0.490 e. The Morgan fingerprint density at radius 1 is 0.972 bits per heavy atom. The van der Waals surface area contributed by atoms with Crippen LogP contribution in [0.2, 0.25) is 5.02 Å². The molecule has 0 aliphatic carbocycles. The number of aliphatic imine (C=N–C) groups is 1. The molecule has 0 bridgehead atoms. The van der Waals surface area contributed by atoms with Crippen molar-refractivity contribution in [1.82, 2.24) is 0 Å². The Hall–Kier alpha value is -3.36. The largest absolute Gasteiger partial charge is 0.490 e. The molecule has 0 fully saturated rings. The van der Waals surface area contributed by atoms with Gasteiger partial charge in [0.05, 0.1) is 11.6 Å². The van der Waals surface area contributed by atoms with Crippen LogP contribution in [0.3, 0.4) is 0 Å². The molecular formula is C29H21ClINO4. The van der Waals surface area contributed by atoms with Crippen LogP contribution in [0.15, 0.2) is 89.6 Å². The molecule has 1 aliphatic rings. The summed E-state index contributed by atoms with van der Waals surface area (Å²) in [7, 11) is 0. The molecule has 0 unspecified atom stereocenters. The predicted octanol–water partition coefficient (Wildman–Crippen LogP) is 7.42. The Morgan fingerprint density at radius 2 is 1.81 bits per heavy atom. The maximum absolute atomic E-state index is 12.6. The number of rotatable bonds is 7. The molecule has 5 rings (SSSR count). The Kier molecular flexibility index (Phi) is 7.25. The average Bonchev–Trinajstić information content (AvgIpc) is 3.23. The lowest BCUT2D eigenvalue weighted by Gasteiger charge is -2.15. The van der Waals surface area contributed by atoms with Crippen molar-refractivity contribution in [3.63, 3.8) is 0 Å². The Bertz CT molecular complexity index is 1530. The van der Waals surface area contributed by atoms with Crippen LogP contribution < -0.4 is 9.47 Å². The van der Waals surface area contributed by atoms with Gasteiger partial charge in [-0.25, -0.2) is 9.79 Å². The number of hydrogen-bond donors (Lipinski definition) is 0. The Labute approximate surface area is 227 Å². The topological polar surface area (TPSA) is 57.1 Å². The van der Waals surface area contributed by atoms with Gasteiger partial charge in [-0.2, -0.15) is 0 Å². The molecule has 0 atom stereocenters. The summed E-state index contributed by atoms with van der Waals surface area (Å²) in [6.07, 6.45) is 1.63. The molecule has 4 aromatic carbocycles. The second kappa shape index (κ2) is 10.7. The third-order valence-corrected chi connectivity index (χ3v) is 6.48. The Balaban J connectivity index is 1.42. The molecule has 0 saturated heterocycles. The van der Waals surface area contributed by atoms with Crippen molar-refractivity contribution in [2.24, 2.45) is 4.99 Å². The van der Waals surface area contributed by atoms with Gasteiger partial charge >= 0.3 is 5.97 Å². The van der Waals surface area contributed by atoms with Crippen LogP contribution >= 0.6 is 34.2 Å². The van der Waals surface area contributed by atoms with Crippen LogP contribution in [0, 0.1) is 3.57 Å². The molecular weight excluding hydrogens is 589 g/mol. The van der Waals surface area contributed by atoms with Crippen LogP contribution in [-0.2, 0) is 16.1 Å². The van der Waals surface area contributed by atoms with Crippen LogP contribution in [0.25, 0.3) is 16.8 Å². The van der Waals surface area contributed by atoms with E-state index in [4.69, 9.17) is 25.8 Å². The number of nitrogens with zero attached hydrogens (tertiary/aromatic N) is 1. The molecule has 180 valence electrons. The number of esters is 1. The normalized spacial score (nSPS) is 14.1. The number of carbonyl (C=O) groups excluding carboxylic acids is 1. The molecule has 0 spiro atoms. The summed E-state index contributed by atoms with van der Waals surface area (Å²) < 4.78 is 18.4. The van der Waals surface area contributed by atoms with Crippen molar-refractivity contribution < 1.29 is 19.0 Å². The summed E-state index contributed by atoms with van der Waals surface area (Å²) in [6.45, 7) is 2.67. The number of cyclic esters (lactones) is 1. The van der Waals surface area contributed by atoms with E-state index in [1.165, 1.54) is 0 Å². The maximum atomic E-state index is 12.6. The first-order chi connectivity index (χ1) is 17.5. The van der Waals surface area contributed by atoms with Crippen molar-refractivity contribution in [2.45, 2.75) is 13.5 Å². The van der Waals surface area contributed by atoms with E-state index in [0.29, 0.717) is 35.3 Å². The van der Waals surface area contributed by atoms with E-state index in [1.54, 1.807) is 18.2 Å². The van der Waals surface area contributed by atoms with E-state index in [9.17, 15) is 4.79 Å². The summed E-state index contributed by atoms with van der Waals surface area (Å²) in [5, 5.41) is 2.52. The molecule has 0 amide bonds. The molecule has 4 aromatic rings. The number of carbonyl (C=O) groups is 1. The SMILES string of the molecule is CCOc1cc(/C=C2\N=C(c3ccc4ccccc4c3)OC2=O)cc(Cl)c1OCc1cccc(I)c1. The van der Waals surface area contributed by atoms with Gasteiger partial charge in [0.25, 0.3) is 0 Å². The van der Waals surface area contributed by atoms with Gasteiger partial charge in [0, 0.05) is 9.13 Å². The molecule has 1 aliphatic heterocycles. The van der Waals surface area contributed by atoms with Gasteiger partial charge in [0.15, 0.2) is 17.2 Å². The van der Waals surface area contributed by atoms with Crippen molar-refractivity contribution in [2.75, 3.05) is 6.61 Å². The minimum atomic E-state index is -0.522. The second-order valence-electron chi connectivity index (χ2n) is 8.08. The fourth-order valence-electron chi connectivity index (χ4n) is 3.87. The van der Waals surface area contributed by atoms with E-state index in [1.807, 2.05) is 73.7 Å². The van der Waals surface area contributed by atoms with Gasteiger partial charge in [0.1, 0.15) is 6.61 Å².